The normalized spacial score (nSPS) is 22.9. The molecule has 6 heteroatoms. The molecule has 1 unspecified atom stereocenters. The number of hydrogen-bond donors (Lipinski definition) is 2. The van der Waals surface area contributed by atoms with Gasteiger partial charge in [-0.15, -0.1) is 0 Å². The van der Waals surface area contributed by atoms with Crippen LogP contribution in [0.5, 0.6) is 0 Å². The summed E-state index contributed by atoms with van der Waals surface area (Å²) >= 11 is 0. The number of rotatable bonds is 4. The van der Waals surface area contributed by atoms with Crippen LogP contribution in [-0.4, -0.2) is 66.4 Å². The van der Waals surface area contributed by atoms with Crippen LogP contribution in [0.25, 0.3) is 0 Å². The number of nitrogens with two attached hydrogens (primary N) is 1. The molecule has 2 fully saturated rings. The summed E-state index contributed by atoms with van der Waals surface area (Å²) in [6, 6.07) is -0.0710. The lowest BCUT2D eigenvalue weighted by Gasteiger charge is -2.35. The van der Waals surface area contributed by atoms with Gasteiger partial charge in [0.2, 0.25) is 11.8 Å². The van der Waals surface area contributed by atoms with Gasteiger partial charge in [-0.2, -0.15) is 0 Å². The Balaban J connectivity index is 1.68. The Labute approximate surface area is 127 Å². The summed E-state index contributed by atoms with van der Waals surface area (Å²) in [4.78, 5) is 27.7. The summed E-state index contributed by atoms with van der Waals surface area (Å²) in [5.41, 5.74) is 5.62. The molecule has 2 aliphatic rings. The molecule has 1 aliphatic carbocycles. The average molecular weight is 296 g/mol. The van der Waals surface area contributed by atoms with Crippen molar-refractivity contribution in [3.63, 3.8) is 0 Å². The molecule has 1 saturated carbocycles. The van der Waals surface area contributed by atoms with Crippen LogP contribution in [-0.2, 0) is 9.59 Å². The third-order valence-electron chi connectivity index (χ3n) is 4.41. The summed E-state index contributed by atoms with van der Waals surface area (Å²) in [5, 5.41) is 3.14. The molecular formula is C15H28N4O2. The molecule has 3 N–H and O–H groups in total. The highest BCUT2D eigenvalue weighted by Gasteiger charge is 2.24. The SMILES string of the molecule is CC(N)C(=O)N1CCN(CC(=O)NC2CCCCC2)CC1. The van der Waals surface area contributed by atoms with Crippen molar-refractivity contribution in [3.8, 4) is 0 Å². The van der Waals surface area contributed by atoms with Gasteiger partial charge in [-0.05, 0) is 19.8 Å². The van der Waals surface area contributed by atoms with Crippen LogP contribution in [0.15, 0.2) is 0 Å². The molecule has 2 amide bonds. The first-order chi connectivity index (χ1) is 10.1. The maximum atomic E-state index is 12.0. The largest absolute Gasteiger partial charge is 0.352 e. The molecule has 0 radical (unpaired) electrons. The molecule has 0 aromatic rings. The highest BCUT2D eigenvalue weighted by molar-refractivity contribution is 5.81. The molecule has 1 atom stereocenters. The Kier molecular flexibility index (Phi) is 5.99. The fraction of sp³-hybridized carbons (Fsp3) is 0.867. The number of carbonyl (C=O) groups excluding carboxylic acids is 2. The molecule has 1 saturated heterocycles. The molecule has 120 valence electrons. The number of nitrogens with zero attached hydrogens (tertiary/aromatic N) is 2. The summed E-state index contributed by atoms with van der Waals surface area (Å²) in [7, 11) is 0. The third kappa shape index (κ3) is 4.97. The smallest absolute Gasteiger partial charge is 0.239 e. The van der Waals surface area contributed by atoms with E-state index in [1.54, 1.807) is 11.8 Å². The van der Waals surface area contributed by atoms with Gasteiger partial charge >= 0.3 is 0 Å². The summed E-state index contributed by atoms with van der Waals surface area (Å²) < 4.78 is 0. The van der Waals surface area contributed by atoms with Crippen LogP contribution in [0.3, 0.4) is 0 Å². The molecule has 0 spiro atoms. The molecular weight excluding hydrogens is 268 g/mol. The van der Waals surface area contributed by atoms with Gasteiger partial charge in [-0.1, -0.05) is 19.3 Å². The van der Waals surface area contributed by atoms with E-state index in [-0.39, 0.29) is 11.8 Å². The fourth-order valence-corrected chi connectivity index (χ4v) is 3.14. The van der Waals surface area contributed by atoms with Crippen LogP contribution < -0.4 is 11.1 Å². The molecule has 0 aromatic carbocycles. The number of nitrogens with one attached hydrogen (secondary N) is 1. The summed E-state index contributed by atoms with van der Waals surface area (Å²) in [5.74, 6) is 0.121. The molecule has 6 nitrogen and oxygen atoms in total. The summed E-state index contributed by atoms with van der Waals surface area (Å²) in [6.45, 7) is 4.98. The van der Waals surface area contributed by atoms with E-state index in [9.17, 15) is 9.59 Å². The Hall–Kier alpha value is -1.14. The Bertz CT molecular complexity index is 359. The average Bonchev–Trinajstić information content (AvgIpc) is 2.48. The van der Waals surface area contributed by atoms with E-state index in [1.807, 2.05) is 0 Å². The second kappa shape index (κ2) is 7.75. The van der Waals surface area contributed by atoms with Crippen LogP contribution >= 0.6 is 0 Å². The predicted molar refractivity (Wildman–Crippen MR) is 81.7 cm³/mol. The van der Waals surface area contributed by atoms with Gasteiger partial charge in [0, 0.05) is 32.2 Å². The lowest BCUT2D eigenvalue weighted by Crippen LogP contribution is -2.54. The molecule has 21 heavy (non-hydrogen) atoms. The van der Waals surface area contributed by atoms with E-state index >= 15 is 0 Å². The van der Waals surface area contributed by atoms with Crippen LogP contribution in [0.4, 0.5) is 0 Å². The van der Waals surface area contributed by atoms with E-state index in [0.29, 0.717) is 25.7 Å². The van der Waals surface area contributed by atoms with Crippen molar-refractivity contribution in [2.24, 2.45) is 5.73 Å². The summed E-state index contributed by atoms with van der Waals surface area (Å²) in [6.07, 6.45) is 5.97. The highest BCUT2D eigenvalue weighted by Crippen LogP contribution is 2.17. The van der Waals surface area contributed by atoms with Crippen molar-refractivity contribution < 1.29 is 9.59 Å². The first-order valence-corrected chi connectivity index (χ1v) is 8.12. The van der Waals surface area contributed by atoms with Crippen molar-refractivity contribution in [2.45, 2.75) is 51.1 Å². The molecule has 1 aliphatic heterocycles. The third-order valence-corrected chi connectivity index (χ3v) is 4.41. The first kappa shape index (κ1) is 16.2. The van der Waals surface area contributed by atoms with Crippen LogP contribution in [0.1, 0.15) is 39.0 Å². The maximum absolute atomic E-state index is 12.0. The van der Waals surface area contributed by atoms with Gasteiger partial charge in [0.05, 0.1) is 12.6 Å². The minimum Gasteiger partial charge on any atom is -0.352 e. The topological polar surface area (TPSA) is 78.7 Å². The van der Waals surface area contributed by atoms with E-state index in [2.05, 4.69) is 10.2 Å². The zero-order valence-corrected chi connectivity index (χ0v) is 13.0. The van der Waals surface area contributed by atoms with Crippen LogP contribution in [0, 0.1) is 0 Å². The zero-order valence-electron chi connectivity index (χ0n) is 13.0. The second-order valence-corrected chi connectivity index (χ2v) is 6.29. The van der Waals surface area contributed by atoms with E-state index in [4.69, 9.17) is 5.73 Å². The van der Waals surface area contributed by atoms with Gasteiger partial charge < -0.3 is 16.0 Å². The standard InChI is InChI=1S/C15H28N4O2/c1-12(16)15(21)19-9-7-18(8-10-19)11-14(20)17-13-5-3-2-4-6-13/h12-13H,2-11,16H2,1H3,(H,17,20). The maximum Gasteiger partial charge on any atom is 0.239 e. The molecule has 1 heterocycles. The fourth-order valence-electron chi connectivity index (χ4n) is 3.14. The number of carbonyl (C=O) groups is 2. The molecule has 2 rings (SSSR count). The van der Waals surface area contributed by atoms with Crippen molar-refractivity contribution in [3.05, 3.63) is 0 Å². The predicted octanol–water partition coefficient (Wildman–Crippen LogP) is -0.0733. The Morgan fingerprint density at radius 2 is 1.76 bits per heavy atom. The molecule has 0 aromatic heterocycles. The van der Waals surface area contributed by atoms with E-state index < -0.39 is 6.04 Å². The lowest BCUT2D eigenvalue weighted by atomic mass is 9.95. The van der Waals surface area contributed by atoms with Crippen molar-refractivity contribution in [2.75, 3.05) is 32.7 Å². The van der Waals surface area contributed by atoms with Gasteiger partial charge in [0.25, 0.3) is 0 Å². The van der Waals surface area contributed by atoms with Crippen molar-refractivity contribution in [1.82, 2.24) is 15.1 Å². The van der Waals surface area contributed by atoms with E-state index in [1.165, 1.54) is 19.3 Å². The number of piperazine rings is 1. The lowest BCUT2D eigenvalue weighted by molar-refractivity contribution is -0.134. The second-order valence-electron chi connectivity index (χ2n) is 6.29. The first-order valence-electron chi connectivity index (χ1n) is 8.12. The van der Waals surface area contributed by atoms with Crippen molar-refractivity contribution >= 4 is 11.8 Å². The minimum absolute atomic E-state index is 0.00121. The molecule has 0 bridgehead atoms. The van der Waals surface area contributed by atoms with Gasteiger partial charge in [0.1, 0.15) is 0 Å². The Morgan fingerprint density at radius 1 is 1.14 bits per heavy atom. The minimum atomic E-state index is -0.439. The van der Waals surface area contributed by atoms with E-state index in [0.717, 1.165) is 25.9 Å². The van der Waals surface area contributed by atoms with Gasteiger partial charge in [-0.25, -0.2) is 0 Å². The zero-order chi connectivity index (χ0) is 15.2. The number of amides is 2. The highest BCUT2D eigenvalue weighted by atomic mass is 16.2. The van der Waals surface area contributed by atoms with Crippen LogP contribution in [0.2, 0.25) is 0 Å². The monoisotopic (exact) mass is 296 g/mol. The quantitative estimate of drug-likeness (QED) is 0.761. The number of hydrogen-bond acceptors (Lipinski definition) is 4. The van der Waals surface area contributed by atoms with Gasteiger partial charge in [-0.3, -0.25) is 14.5 Å². The Morgan fingerprint density at radius 3 is 2.33 bits per heavy atom. The van der Waals surface area contributed by atoms with Crippen molar-refractivity contribution in [1.29, 1.82) is 0 Å². The van der Waals surface area contributed by atoms with Gasteiger partial charge in [0.15, 0.2) is 0 Å².